The summed E-state index contributed by atoms with van der Waals surface area (Å²) in [4.78, 5) is 12.3. The SMILES string of the molecule is CCOC(=O)CC(B1OC(C)(C)C(C)(C)O1)c1cnn(-c2cccc(C)c2)c1. The molecule has 1 aromatic heterocycles. The van der Waals surface area contributed by atoms with Crippen LogP contribution in [0.5, 0.6) is 0 Å². The van der Waals surface area contributed by atoms with Crippen LogP contribution < -0.4 is 0 Å². The molecule has 28 heavy (non-hydrogen) atoms. The summed E-state index contributed by atoms with van der Waals surface area (Å²) in [7, 11) is -0.551. The van der Waals surface area contributed by atoms with Gasteiger partial charge >= 0.3 is 13.1 Å². The molecular formula is C21H29BN2O4. The maximum Gasteiger partial charge on any atom is 0.466 e. The number of ether oxygens (including phenoxy) is 1. The first-order valence-corrected chi connectivity index (χ1v) is 9.76. The van der Waals surface area contributed by atoms with Crippen LogP contribution in [0.15, 0.2) is 36.7 Å². The van der Waals surface area contributed by atoms with E-state index >= 15 is 0 Å². The summed E-state index contributed by atoms with van der Waals surface area (Å²) in [5.74, 6) is -0.579. The zero-order valence-electron chi connectivity index (χ0n) is 17.6. The van der Waals surface area contributed by atoms with E-state index < -0.39 is 18.3 Å². The van der Waals surface area contributed by atoms with Crippen LogP contribution in [0.4, 0.5) is 0 Å². The molecule has 150 valence electrons. The summed E-state index contributed by atoms with van der Waals surface area (Å²) >= 11 is 0. The second-order valence-electron chi connectivity index (χ2n) is 8.30. The van der Waals surface area contributed by atoms with E-state index in [0.29, 0.717) is 6.61 Å². The summed E-state index contributed by atoms with van der Waals surface area (Å²) in [5.41, 5.74) is 2.06. The van der Waals surface area contributed by atoms with Gasteiger partial charge in [0.1, 0.15) is 0 Å². The van der Waals surface area contributed by atoms with Crippen molar-refractivity contribution in [3.05, 3.63) is 47.8 Å². The van der Waals surface area contributed by atoms with Gasteiger partial charge in [-0.15, -0.1) is 0 Å². The van der Waals surface area contributed by atoms with E-state index in [1.807, 2.05) is 63.7 Å². The Kier molecular flexibility index (Phi) is 5.68. The van der Waals surface area contributed by atoms with E-state index in [9.17, 15) is 4.79 Å². The molecule has 1 fully saturated rings. The molecule has 1 saturated heterocycles. The lowest BCUT2D eigenvalue weighted by atomic mass is 9.67. The molecule has 0 radical (unpaired) electrons. The second kappa shape index (κ2) is 7.72. The van der Waals surface area contributed by atoms with Crippen LogP contribution >= 0.6 is 0 Å². The normalized spacial score (nSPS) is 18.9. The molecule has 1 aliphatic rings. The Morgan fingerprint density at radius 2 is 1.93 bits per heavy atom. The third-order valence-corrected chi connectivity index (χ3v) is 5.59. The Hall–Kier alpha value is -2.12. The minimum atomic E-state index is -0.551. The van der Waals surface area contributed by atoms with Crippen LogP contribution in [0.2, 0.25) is 0 Å². The molecule has 0 N–H and O–H groups in total. The molecule has 0 aliphatic carbocycles. The lowest BCUT2D eigenvalue weighted by molar-refractivity contribution is -0.143. The molecule has 0 saturated carbocycles. The number of rotatable bonds is 6. The quantitative estimate of drug-likeness (QED) is 0.559. The van der Waals surface area contributed by atoms with Crippen molar-refractivity contribution in [2.24, 2.45) is 0 Å². The van der Waals surface area contributed by atoms with E-state index in [2.05, 4.69) is 11.2 Å². The minimum Gasteiger partial charge on any atom is -0.466 e. The van der Waals surface area contributed by atoms with Crippen LogP contribution in [0, 0.1) is 6.92 Å². The number of aryl methyl sites for hydroxylation is 1. The monoisotopic (exact) mass is 384 g/mol. The standard InChI is InChI=1S/C21H29BN2O4/c1-7-26-19(25)12-18(22-27-20(3,4)21(5,6)28-22)16-13-23-24(14-16)17-10-8-9-15(2)11-17/h8-11,13-14,18H,7,12H2,1-6H3. The molecule has 0 spiro atoms. The summed E-state index contributed by atoms with van der Waals surface area (Å²) in [6, 6.07) is 8.10. The van der Waals surface area contributed by atoms with E-state index in [0.717, 1.165) is 16.8 Å². The van der Waals surface area contributed by atoms with Crippen LogP contribution in [-0.2, 0) is 18.8 Å². The van der Waals surface area contributed by atoms with E-state index in [4.69, 9.17) is 14.0 Å². The lowest BCUT2D eigenvalue weighted by Gasteiger charge is -2.32. The van der Waals surface area contributed by atoms with Crippen molar-refractivity contribution in [3.63, 3.8) is 0 Å². The maximum absolute atomic E-state index is 12.3. The Morgan fingerprint density at radius 1 is 1.25 bits per heavy atom. The topological polar surface area (TPSA) is 62.6 Å². The van der Waals surface area contributed by atoms with E-state index in [1.54, 1.807) is 13.1 Å². The molecule has 7 heteroatoms. The molecule has 0 amide bonds. The fourth-order valence-corrected chi connectivity index (χ4v) is 3.26. The van der Waals surface area contributed by atoms with Gasteiger partial charge in [-0.1, -0.05) is 12.1 Å². The summed E-state index contributed by atoms with van der Waals surface area (Å²) in [6.45, 7) is 12.2. The first kappa shape index (κ1) is 20.6. The van der Waals surface area contributed by atoms with Gasteiger partial charge in [0.05, 0.1) is 36.1 Å². The summed E-state index contributed by atoms with van der Waals surface area (Å²) < 4.78 is 19.5. The number of benzene rings is 1. The van der Waals surface area contributed by atoms with Crippen LogP contribution in [-0.4, -0.2) is 40.7 Å². The Bertz CT molecular complexity index is 830. The van der Waals surface area contributed by atoms with Gasteiger partial charge in [0, 0.05) is 12.0 Å². The third-order valence-electron chi connectivity index (χ3n) is 5.59. The van der Waals surface area contributed by atoms with Crippen LogP contribution in [0.25, 0.3) is 5.69 Å². The molecule has 0 bridgehead atoms. The molecule has 1 atom stereocenters. The molecular weight excluding hydrogens is 355 g/mol. The number of carbonyl (C=O) groups excluding carboxylic acids is 1. The largest absolute Gasteiger partial charge is 0.466 e. The Balaban J connectivity index is 1.91. The fraction of sp³-hybridized carbons (Fsp3) is 0.524. The zero-order valence-corrected chi connectivity index (χ0v) is 17.6. The highest BCUT2D eigenvalue weighted by Crippen LogP contribution is 2.41. The molecule has 2 aromatic rings. The minimum absolute atomic E-state index is 0.171. The van der Waals surface area contributed by atoms with Crippen molar-refractivity contribution < 1.29 is 18.8 Å². The molecule has 1 aliphatic heterocycles. The molecule has 1 aromatic carbocycles. The number of hydrogen-bond donors (Lipinski definition) is 0. The van der Waals surface area contributed by atoms with E-state index in [1.165, 1.54) is 0 Å². The van der Waals surface area contributed by atoms with Crippen LogP contribution in [0.3, 0.4) is 0 Å². The van der Waals surface area contributed by atoms with Gasteiger partial charge in [0.25, 0.3) is 0 Å². The predicted molar refractivity (Wildman–Crippen MR) is 108 cm³/mol. The van der Waals surface area contributed by atoms with Gasteiger partial charge in [0.2, 0.25) is 0 Å². The maximum atomic E-state index is 12.3. The highest BCUT2D eigenvalue weighted by molar-refractivity contribution is 6.48. The first-order chi connectivity index (χ1) is 13.1. The highest BCUT2D eigenvalue weighted by Gasteiger charge is 2.54. The number of aromatic nitrogens is 2. The van der Waals surface area contributed by atoms with Crippen molar-refractivity contribution in [3.8, 4) is 5.69 Å². The number of esters is 1. The average Bonchev–Trinajstić information content (AvgIpc) is 3.16. The van der Waals surface area contributed by atoms with Crippen molar-refractivity contribution >= 4 is 13.1 Å². The number of nitrogens with zero attached hydrogens (tertiary/aromatic N) is 2. The second-order valence-corrected chi connectivity index (χ2v) is 8.30. The Morgan fingerprint density at radius 3 is 2.54 bits per heavy atom. The third kappa shape index (κ3) is 4.15. The molecule has 6 nitrogen and oxygen atoms in total. The predicted octanol–water partition coefficient (Wildman–Crippen LogP) is 3.85. The van der Waals surface area contributed by atoms with Crippen LogP contribution in [0.1, 0.15) is 58.0 Å². The van der Waals surface area contributed by atoms with Gasteiger partial charge in [-0.3, -0.25) is 4.79 Å². The van der Waals surface area contributed by atoms with Crippen molar-refractivity contribution in [2.75, 3.05) is 6.61 Å². The summed E-state index contributed by atoms with van der Waals surface area (Å²) in [6.07, 6.45) is 3.88. The van der Waals surface area contributed by atoms with Crippen molar-refractivity contribution in [1.29, 1.82) is 0 Å². The Labute approximate surface area is 167 Å². The zero-order chi connectivity index (χ0) is 20.5. The van der Waals surface area contributed by atoms with Crippen molar-refractivity contribution in [1.82, 2.24) is 9.78 Å². The smallest absolute Gasteiger partial charge is 0.466 e. The van der Waals surface area contributed by atoms with Gasteiger partial charge in [-0.05, 0) is 64.8 Å². The van der Waals surface area contributed by atoms with Gasteiger partial charge in [-0.25, -0.2) is 4.68 Å². The highest BCUT2D eigenvalue weighted by atomic mass is 16.7. The van der Waals surface area contributed by atoms with E-state index in [-0.39, 0.29) is 18.2 Å². The van der Waals surface area contributed by atoms with Gasteiger partial charge in [-0.2, -0.15) is 5.10 Å². The molecule has 1 unspecified atom stereocenters. The number of hydrogen-bond acceptors (Lipinski definition) is 5. The molecule has 2 heterocycles. The number of carbonyl (C=O) groups is 1. The average molecular weight is 384 g/mol. The fourth-order valence-electron chi connectivity index (χ4n) is 3.26. The molecule has 3 rings (SSSR count). The first-order valence-electron chi connectivity index (χ1n) is 9.76. The van der Waals surface area contributed by atoms with Gasteiger partial charge < -0.3 is 14.0 Å². The van der Waals surface area contributed by atoms with Gasteiger partial charge in [0.15, 0.2) is 0 Å². The lowest BCUT2D eigenvalue weighted by Crippen LogP contribution is -2.41. The summed E-state index contributed by atoms with van der Waals surface area (Å²) in [5, 5.41) is 4.50. The van der Waals surface area contributed by atoms with Crippen molar-refractivity contribution in [2.45, 2.75) is 65.0 Å².